The second kappa shape index (κ2) is 5.61. The molecule has 2 aliphatic heterocycles. The van der Waals surface area contributed by atoms with E-state index in [2.05, 4.69) is 41.4 Å². The Hall–Kier alpha value is -0.900. The van der Waals surface area contributed by atoms with Gasteiger partial charge in [-0.15, -0.1) is 0 Å². The van der Waals surface area contributed by atoms with Crippen LogP contribution in [0.25, 0.3) is 0 Å². The number of ether oxygens (including phenoxy) is 1. The molecule has 1 atom stereocenters. The van der Waals surface area contributed by atoms with E-state index in [1.807, 2.05) is 0 Å². The first-order valence-corrected chi connectivity index (χ1v) is 7.39. The Morgan fingerprint density at radius 2 is 2.00 bits per heavy atom. The lowest BCUT2D eigenvalue weighted by Crippen LogP contribution is -2.43. The minimum atomic E-state index is 0.318. The van der Waals surface area contributed by atoms with E-state index in [0.717, 1.165) is 45.9 Å². The maximum atomic E-state index is 5.68. The maximum Gasteiger partial charge on any atom is 0.0547 e. The smallest absolute Gasteiger partial charge is 0.0547 e. The number of benzene rings is 1. The molecule has 0 bridgehead atoms. The number of nitrogens with zero attached hydrogens (tertiary/aromatic N) is 1. The van der Waals surface area contributed by atoms with Gasteiger partial charge in [0, 0.05) is 38.2 Å². The van der Waals surface area contributed by atoms with Crippen molar-refractivity contribution in [2.45, 2.75) is 26.4 Å². The lowest BCUT2D eigenvalue weighted by atomic mass is 9.86. The van der Waals surface area contributed by atoms with E-state index in [1.165, 1.54) is 17.5 Å². The van der Waals surface area contributed by atoms with Crippen LogP contribution in [0.5, 0.6) is 0 Å². The Kier molecular flexibility index (Phi) is 3.87. The minimum Gasteiger partial charge on any atom is -0.381 e. The summed E-state index contributed by atoms with van der Waals surface area (Å²) in [7, 11) is 0. The lowest BCUT2D eigenvalue weighted by molar-refractivity contribution is 0.108. The van der Waals surface area contributed by atoms with Gasteiger partial charge in [-0.3, -0.25) is 4.90 Å². The Morgan fingerprint density at radius 1 is 1.26 bits per heavy atom. The first-order chi connectivity index (χ1) is 9.31. The van der Waals surface area contributed by atoms with E-state index < -0.39 is 0 Å². The number of fused-ring (bicyclic) bond motifs is 1. The molecule has 0 amide bonds. The normalized spacial score (nSPS) is 26.8. The molecule has 3 nitrogen and oxygen atoms in total. The molecule has 3 rings (SSSR count). The molecule has 0 aromatic heterocycles. The van der Waals surface area contributed by atoms with Crippen LogP contribution >= 0.6 is 0 Å². The van der Waals surface area contributed by atoms with Gasteiger partial charge in [-0.25, -0.2) is 0 Å². The fourth-order valence-corrected chi connectivity index (χ4v) is 3.35. The molecule has 0 aliphatic carbocycles. The van der Waals surface area contributed by atoms with Crippen LogP contribution in [0.3, 0.4) is 0 Å². The van der Waals surface area contributed by atoms with Crippen molar-refractivity contribution in [3.63, 3.8) is 0 Å². The third kappa shape index (κ3) is 2.83. The molecule has 2 aliphatic rings. The molecular formula is C16H24N2O. The van der Waals surface area contributed by atoms with Crippen molar-refractivity contribution >= 4 is 0 Å². The Morgan fingerprint density at radius 3 is 2.58 bits per heavy atom. The van der Waals surface area contributed by atoms with Gasteiger partial charge in [0.25, 0.3) is 0 Å². The third-order valence-corrected chi connectivity index (χ3v) is 4.40. The molecule has 1 saturated heterocycles. The zero-order valence-corrected chi connectivity index (χ0v) is 11.8. The van der Waals surface area contributed by atoms with Crippen molar-refractivity contribution in [2.24, 2.45) is 5.41 Å². The van der Waals surface area contributed by atoms with Gasteiger partial charge in [0.1, 0.15) is 0 Å². The average Bonchev–Trinajstić information content (AvgIpc) is 3.03. The Labute approximate surface area is 115 Å². The van der Waals surface area contributed by atoms with Crippen molar-refractivity contribution in [2.75, 3.05) is 32.8 Å². The van der Waals surface area contributed by atoms with Crippen LogP contribution < -0.4 is 5.32 Å². The van der Waals surface area contributed by atoms with Crippen LogP contribution in [-0.2, 0) is 17.8 Å². The molecule has 2 heterocycles. The van der Waals surface area contributed by atoms with E-state index in [0.29, 0.717) is 5.41 Å². The molecule has 1 unspecified atom stereocenters. The van der Waals surface area contributed by atoms with Crippen LogP contribution in [0, 0.1) is 5.41 Å². The summed E-state index contributed by atoms with van der Waals surface area (Å²) in [5.41, 5.74) is 3.32. The van der Waals surface area contributed by atoms with Crippen molar-refractivity contribution in [3.05, 3.63) is 35.4 Å². The summed E-state index contributed by atoms with van der Waals surface area (Å²) in [5.74, 6) is 0. The molecule has 19 heavy (non-hydrogen) atoms. The zero-order valence-electron chi connectivity index (χ0n) is 11.8. The summed E-state index contributed by atoms with van der Waals surface area (Å²) in [5, 5.41) is 3.52. The van der Waals surface area contributed by atoms with Crippen LogP contribution in [-0.4, -0.2) is 37.7 Å². The zero-order chi connectivity index (χ0) is 13.1. The highest BCUT2D eigenvalue weighted by Gasteiger charge is 2.37. The molecule has 0 radical (unpaired) electrons. The molecule has 3 heteroatoms. The van der Waals surface area contributed by atoms with Gasteiger partial charge in [0.05, 0.1) is 6.61 Å². The van der Waals surface area contributed by atoms with Gasteiger partial charge >= 0.3 is 0 Å². The van der Waals surface area contributed by atoms with Gasteiger partial charge in [0.15, 0.2) is 0 Å². The van der Waals surface area contributed by atoms with E-state index in [4.69, 9.17) is 4.74 Å². The van der Waals surface area contributed by atoms with Crippen LogP contribution in [0.4, 0.5) is 0 Å². The molecule has 0 spiro atoms. The molecule has 1 aromatic carbocycles. The molecular weight excluding hydrogens is 236 g/mol. The third-order valence-electron chi connectivity index (χ3n) is 4.40. The van der Waals surface area contributed by atoms with E-state index in [-0.39, 0.29) is 0 Å². The minimum absolute atomic E-state index is 0.318. The predicted molar refractivity (Wildman–Crippen MR) is 77.0 cm³/mol. The van der Waals surface area contributed by atoms with Gasteiger partial charge in [0.2, 0.25) is 0 Å². The second-order valence-electron chi connectivity index (χ2n) is 6.00. The maximum absolute atomic E-state index is 5.68. The summed E-state index contributed by atoms with van der Waals surface area (Å²) >= 11 is 0. The summed E-state index contributed by atoms with van der Waals surface area (Å²) in [6.07, 6.45) is 1.19. The highest BCUT2D eigenvalue weighted by Crippen LogP contribution is 2.32. The predicted octanol–water partition coefficient (Wildman–Crippen LogP) is 2.02. The van der Waals surface area contributed by atoms with Crippen molar-refractivity contribution in [1.82, 2.24) is 10.2 Å². The molecule has 1 fully saturated rings. The Balaban J connectivity index is 1.64. The number of rotatable bonds is 5. The van der Waals surface area contributed by atoms with Crippen molar-refractivity contribution in [3.8, 4) is 0 Å². The molecule has 1 N–H and O–H groups in total. The van der Waals surface area contributed by atoms with Crippen LogP contribution in [0.2, 0.25) is 0 Å². The highest BCUT2D eigenvalue weighted by molar-refractivity contribution is 5.30. The average molecular weight is 260 g/mol. The second-order valence-corrected chi connectivity index (χ2v) is 6.00. The van der Waals surface area contributed by atoms with Crippen molar-refractivity contribution in [1.29, 1.82) is 0 Å². The number of nitrogens with one attached hydrogen (secondary N) is 1. The van der Waals surface area contributed by atoms with Gasteiger partial charge < -0.3 is 10.1 Å². The quantitative estimate of drug-likeness (QED) is 0.876. The SMILES string of the molecule is CCNCC1(CN2Cc3ccccc3C2)CCOC1. The van der Waals surface area contributed by atoms with E-state index >= 15 is 0 Å². The standard InChI is InChI=1S/C16H24N2O/c1-2-17-11-16(7-8-19-13-16)12-18-9-14-5-3-4-6-15(14)10-18/h3-6,17H,2,7-13H2,1H3. The largest absolute Gasteiger partial charge is 0.381 e. The van der Waals surface area contributed by atoms with E-state index in [9.17, 15) is 0 Å². The summed E-state index contributed by atoms with van der Waals surface area (Å²) in [6.45, 7) is 9.48. The summed E-state index contributed by atoms with van der Waals surface area (Å²) < 4.78 is 5.68. The molecule has 1 aromatic rings. The van der Waals surface area contributed by atoms with Gasteiger partial charge in [-0.2, -0.15) is 0 Å². The van der Waals surface area contributed by atoms with Gasteiger partial charge in [-0.1, -0.05) is 31.2 Å². The van der Waals surface area contributed by atoms with E-state index in [1.54, 1.807) is 0 Å². The number of hydrogen-bond donors (Lipinski definition) is 1. The fourth-order valence-electron chi connectivity index (χ4n) is 3.35. The number of hydrogen-bond acceptors (Lipinski definition) is 3. The van der Waals surface area contributed by atoms with Crippen LogP contribution in [0.1, 0.15) is 24.5 Å². The van der Waals surface area contributed by atoms with Crippen molar-refractivity contribution < 1.29 is 4.74 Å². The summed E-state index contributed by atoms with van der Waals surface area (Å²) in [6, 6.07) is 8.82. The topological polar surface area (TPSA) is 24.5 Å². The first kappa shape index (κ1) is 13.1. The Bertz CT molecular complexity index is 402. The fraction of sp³-hybridized carbons (Fsp3) is 0.625. The highest BCUT2D eigenvalue weighted by atomic mass is 16.5. The molecule has 104 valence electrons. The van der Waals surface area contributed by atoms with Crippen LogP contribution in [0.15, 0.2) is 24.3 Å². The monoisotopic (exact) mass is 260 g/mol. The summed E-state index contributed by atoms with van der Waals surface area (Å²) in [4.78, 5) is 2.58. The first-order valence-electron chi connectivity index (χ1n) is 7.39. The lowest BCUT2D eigenvalue weighted by Gasteiger charge is -2.32. The van der Waals surface area contributed by atoms with Gasteiger partial charge in [-0.05, 0) is 24.1 Å². The molecule has 0 saturated carbocycles.